The highest BCUT2D eigenvalue weighted by Crippen LogP contribution is 2.15. The van der Waals surface area contributed by atoms with E-state index < -0.39 is 0 Å². The van der Waals surface area contributed by atoms with Crippen molar-refractivity contribution in [2.75, 3.05) is 0 Å². The highest BCUT2D eigenvalue weighted by atomic mass is 19.1. The molecule has 0 saturated carbocycles. The Morgan fingerprint density at radius 3 is 2.67 bits per heavy atom. The molecule has 0 radical (unpaired) electrons. The second-order valence-electron chi connectivity index (χ2n) is 2.86. The van der Waals surface area contributed by atoms with Crippen LogP contribution in [0, 0.1) is 12.7 Å². The number of rotatable bonds is 2. The molecular formula is C9H12FNO. The summed E-state index contributed by atoms with van der Waals surface area (Å²) in [6, 6.07) is 4.60. The summed E-state index contributed by atoms with van der Waals surface area (Å²) in [7, 11) is 0. The van der Waals surface area contributed by atoms with E-state index in [4.69, 9.17) is 5.21 Å². The van der Waals surface area contributed by atoms with E-state index in [9.17, 15) is 4.39 Å². The molecule has 0 amide bonds. The first-order valence-corrected chi connectivity index (χ1v) is 3.81. The predicted octanol–water partition coefficient (Wildman–Crippen LogP) is 2.17. The molecule has 12 heavy (non-hydrogen) atoms. The summed E-state index contributed by atoms with van der Waals surface area (Å²) in [5.74, 6) is -0.219. The van der Waals surface area contributed by atoms with Crippen LogP contribution in [0.5, 0.6) is 0 Å². The molecule has 2 nitrogen and oxygen atoms in total. The molecule has 1 unspecified atom stereocenters. The van der Waals surface area contributed by atoms with Gasteiger partial charge in [0.15, 0.2) is 0 Å². The molecule has 0 saturated heterocycles. The number of benzene rings is 1. The normalized spacial score (nSPS) is 13.0. The fourth-order valence-corrected chi connectivity index (χ4v) is 1.01. The second kappa shape index (κ2) is 3.65. The largest absolute Gasteiger partial charge is 0.316 e. The first-order valence-electron chi connectivity index (χ1n) is 3.81. The Bertz CT molecular complexity index is 275. The van der Waals surface area contributed by atoms with Gasteiger partial charge in [0.2, 0.25) is 0 Å². The minimum Gasteiger partial charge on any atom is -0.316 e. The molecular weight excluding hydrogens is 157 g/mol. The molecule has 1 atom stereocenters. The van der Waals surface area contributed by atoms with Gasteiger partial charge in [-0.25, -0.2) is 4.39 Å². The minimum absolute atomic E-state index is 0.163. The van der Waals surface area contributed by atoms with Gasteiger partial charge in [0.1, 0.15) is 5.82 Å². The Morgan fingerprint density at radius 1 is 1.50 bits per heavy atom. The maximum absolute atomic E-state index is 12.8. The van der Waals surface area contributed by atoms with Crippen molar-refractivity contribution in [1.82, 2.24) is 5.48 Å². The first kappa shape index (κ1) is 9.16. The van der Waals surface area contributed by atoms with Crippen molar-refractivity contribution in [3.63, 3.8) is 0 Å². The highest BCUT2D eigenvalue weighted by molar-refractivity contribution is 5.25. The van der Waals surface area contributed by atoms with E-state index in [1.54, 1.807) is 26.0 Å². The van der Waals surface area contributed by atoms with Gasteiger partial charge in [0.05, 0.1) is 6.04 Å². The Kier molecular flexibility index (Phi) is 2.78. The number of halogens is 1. The summed E-state index contributed by atoms with van der Waals surface area (Å²) in [5.41, 5.74) is 3.57. The summed E-state index contributed by atoms with van der Waals surface area (Å²) in [6.45, 7) is 3.50. The third-order valence-electron chi connectivity index (χ3n) is 1.88. The van der Waals surface area contributed by atoms with Crippen molar-refractivity contribution in [1.29, 1.82) is 0 Å². The Hall–Kier alpha value is -0.930. The topological polar surface area (TPSA) is 32.3 Å². The molecule has 0 aliphatic rings. The maximum Gasteiger partial charge on any atom is 0.126 e. The minimum atomic E-state index is -0.219. The fraction of sp³-hybridized carbons (Fsp3) is 0.333. The average molecular weight is 169 g/mol. The smallest absolute Gasteiger partial charge is 0.126 e. The second-order valence-corrected chi connectivity index (χ2v) is 2.86. The number of hydrogen-bond donors (Lipinski definition) is 2. The lowest BCUT2D eigenvalue weighted by atomic mass is 10.1. The van der Waals surface area contributed by atoms with E-state index in [-0.39, 0.29) is 11.9 Å². The molecule has 0 heterocycles. The summed E-state index contributed by atoms with van der Waals surface area (Å²) in [4.78, 5) is 0. The number of hydroxylamine groups is 1. The Labute approximate surface area is 71.0 Å². The molecule has 1 rings (SSSR count). The Morgan fingerprint density at radius 2 is 2.17 bits per heavy atom. The lowest BCUT2D eigenvalue weighted by Crippen LogP contribution is -2.13. The van der Waals surface area contributed by atoms with Crippen molar-refractivity contribution < 1.29 is 9.60 Å². The number of hydrogen-bond acceptors (Lipinski definition) is 2. The van der Waals surface area contributed by atoms with E-state index in [0.717, 1.165) is 5.56 Å². The zero-order valence-electron chi connectivity index (χ0n) is 7.13. The van der Waals surface area contributed by atoms with Crippen LogP contribution in [0.4, 0.5) is 4.39 Å². The van der Waals surface area contributed by atoms with Gasteiger partial charge in [-0.15, -0.1) is 0 Å². The van der Waals surface area contributed by atoms with Gasteiger partial charge < -0.3 is 5.21 Å². The van der Waals surface area contributed by atoms with E-state index in [2.05, 4.69) is 5.48 Å². The van der Waals surface area contributed by atoms with Gasteiger partial charge in [-0.1, -0.05) is 12.1 Å². The molecule has 0 spiro atoms. The molecule has 3 heteroatoms. The fourth-order valence-electron chi connectivity index (χ4n) is 1.01. The maximum atomic E-state index is 12.8. The van der Waals surface area contributed by atoms with Crippen molar-refractivity contribution in [3.8, 4) is 0 Å². The molecule has 0 fully saturated rings. The summed E-state index contributed by atoms with van der Waals surface area (Å²) >= 11 is 0. The van der Waals surface area contributed by atoms with Gasteiger partial charge in [0, 0.05) is 0 Å². The van der Waals surface area contributed by atoms with E-state index in [1.807, 2.05) is 0 Å². The molecule has 0 aliphatic carbocycles. The third kappa shape index (κ3) is 1.81. The average Bonchev–Trinajstić information content (AvgIpc) is 2.08. The van der Waals surface area contributed by atoms with Crippen molar-refractivity contribution in [3.05, 3.63) is 35.1 Å². The number of nitrogens with one attached hydrogen (secondary N) is 1. The molecule has 0 bridgehead atoms. The molecule has 2 N–H and O–H groups in total. The van der Waals surface area contributed by atoms with E-state index >= 15 is 0 Å². The summed E-state index contributed by atoms with van der Waals surface area (Å²) in [5, 5.41) is 8.60. The zero-order chi connectivity index (χ0) is 9.14. The third-order valence-corrected chi connectivity index (χ3v) is 1.88. The zero-order valence-corrected chi connectivity index (χ0v) is 7.13. The van der Waals surface area contributed by atoms with Crippen molar-refractivity contribution >= 4 is 0 Å². The molecule has 0 aliphatic heterocycles. The van der Waals surface area contributed by atoms with Crippen LogP contribution in [0.25, 0.3) is 0 Å². The molecule has 66 valence electrons. The highest BCUT2D eigenvalue weighted by Gasteiger charge is 2.04. The summed E-state index contributed by atoms with van der Waals surface area (Å²) in [6.07, 6.45) is 0. The number of aryl methyl sites for hydroxylation is 1. The quantitative estimate of drug-likeness (QED) is 0.665. The van der Waals surface area contributed by atoms with Crippen LogP contribution in [-0.4, -0.2) is 5.21 Å². The van der Waals surface area contributed by atoms with Crippen LogP contribution >= 0.6 is 0 Å². The van der Waals surface area contributed by atoms with Crippen LogP contribution in [0.15, 0.2) is 18.2 Å². The summed E-state index contributed by atoms with van der Waals surface area (Å²) < 4.78 is 12.8. The lowest BCUT2D eigenvalue weighted by molar-refractivity contribution is 0.133. The van der Waals surface area contributed by atoms with Crippen LogP contribution < -0.4 is 5.48 Å². The lowest BCUT2D eigenvalue weighted by Gasteiger charge is -2.09. The van der Waals surface area contributed by atoms with E-state index in [1.165, 1.54) is 6.07 Å². The standard InChI is InChI=1S/C9H12FNO/c1-6-5-8(7(2)11-12)3-4-9(6)10/h3-5,7,11-12H,1-2H3. The Balaban J connectivity index is 2.96. The van der Waals surface area contributed by atoms with Gasteiger partial charge in [-0.2, -0.15) is 5.48 Å². The van der Waals surface area contributed by atoms with Crippen molar-refractivity contribution in [2.45, 2.75) is 19.9 Å². The van der Waals surface area contributed by atoms with Crippen LogP contribution in [0.1, 0.15) is 24.1 Å². The monoisotopic (exact) mass is 169 g/mol. The van der Waals surface area contributed by atoms with E-state index in [0.29, 0.717) is 5.56 Å². The van der Waals surface area contributed by atoms with Gasteiger partial charge in [-0.05, 0) is 31.0 Å². The molecule has 0 aromatic heterocycles. The molecule has 1 aromatic rings. The van der Waals surface area contributed by atoms with Crippen LogP contribution in [0.3, 0.4) is 0 Å². The van der Waals surface area contributed by atoms with Crippen LogP contribution in [0.2, 0.25) is 0 Å². The van der Waals surface area contributed by atoms with Gasteiger partial charge >= 0.3 is 0 Å². The van der Waals surface area contributed by atoms with Crippen molar-refractivity contribution in [2.24, 2.45) is 0 Å². The molecule has 1 aromatic carbocycles. The predicted molar refractivity (Wildman–Crippen MR) is 44.5 cm³/mol. The first-order chi connectivity index (χ1) is 5.65. The SMILES string of the molecule is Cc1cc(C(C)NO)ccc1F. The van der Waals surface area contributed by atoms with Gasteiger partial charge in [0.25, 0.3) is 0 Å². The van der Waals surface area contributed by atoms with Gasteiger partial charge in [-0.3, -0.25) is 0 Å². The van der Waals surface area contributed by atoms with Crippen LogP contribution in [-0.2, 0) is 0 Å².